The maximum Gasteiger partial charge on any atom is 0.0749 e. The average molecular weight is 258 g/mol. The number of rotatable bonds is 1. The summed E-state index contributed by atoms with van der Waals surface area (Å²) in [5, 5.41) is 19.1. The lowest BCUT2D eigenvalue weighted by atomic mass is 9.62. The first-order valence-electron chi connectivity index (χ1n) is 5.12. The van der Waals surface area contributed by atoms with Crippen molar-refractivity contribution in [2.24, 2.45) is 10.8 Å². The summed E-state index contributed by atoms with van der Waals surface area (Å²) >= 11 is 3.67. The van der Waals surface area contributed by atoms with E-state index in [1.165, 1.54) is 0 Å². The van der Waals surface area contributed by atoms with E-state index < -0.39 is 0 Å². The monoisotopic (exact) mass is 257 g/mol. The lowest BCUT2D eigenvalue weighted by molar-refractivity contribution is -0.0282. The summed E-state index contributed by atoms with van der Waals surface area (Å²) in [6, 6.07) is 2.29. The van der Waals surface area contributed by atoms with E-state index in [1.807, 2.05) is 0 Å². The summed E-state index contributed by atoms with van der Waals surface area (Å²) in [6.45, 7) is 4.19. The Morgan fingerprint density at radius 3 is 2.57 bits per heavy atom. The van der Waals surface area contributed by atoms with Crippen molar-refractivity contribution in [2.75, 3.05) is 0 Å². The topological polar surface area (TPSA) is 44.0 Å². The van der Waals surface area contributed by atoms with Crippen molar-refractivity contribution in [3.8, 4) is 6.07 Å². The van der Waals surface area contributed by atoms with Crippen LogP contribution >= 0.6 is 15.9 Å². The van der Waals surface area contributed by atoms with Crippen LogP contribution in [0, 0.1) is 22.2 Å². The zero-order valence-corrected chi connectivity index (χ0v) is 10.3. The normalized spacial score (nSPS) is 49.2. The molecule has 0 aromatic rings. The van der Waals surface area contributed by atoms with E-state index in [1.54, 1.807) is 0 Å². The molecule has 0 unspecified atom stereocenters. The fourth-order valence-electron chi connectivity index (χ4n) is 3.44. The quantitative estimate of drug-likeness (QED) is 0.735. The number of nitriles is 1. The Hall–Kier alpha value is -0.0700. The molecule has 2 aliphatic rings. The SMILES string of the molecule is CC1(C)[C@@H](O)[C@]2(Br)CC[C@]1(CC#N)C2. The number of nitrogens with zero attached hydrogens (tertiary/aromatic N) is 1. The Bertz CT molecular complexity index is 309. The third-order valence-electron chi connectivity index (χ3n) is 4.61. The lowest BCUT2D eigenvalue weighted by Gasteiger charge is -2.44. The van der Waals surface area contributed by atoms with Gasteiger partial charge in [-0.3, -0.25) is 0 Å². The minimum atomic E-state index is -0.322. The number of halogens is 1. The molecular weight excluding hydrogens is 242 g/mol. The van der Waals surface area contributed by atoms with Gasteiger partial charge in [0, 0.05) is 6.42 Å². The van der Waals surface area contributed by atoms with Gasteiger partial charge in [-0.05, 0) is 30.1 Å². The molecular formula is C11H16BrNO. The molecule has 2 rings (SSSR count). The molecule has 0 heterocycles. The molecule has 3 heteroatoms. The number of fused-ring (bicyclic) bond motifs is 2. The fraction of sp³-hybridized carbons (Fsp3) is 0.909. The first-order chi connectivity index (χ1) is 6.38. The van der Waals surface area contributed by atoms with Crippen LogP contribution in [0.25, 0.3) is 0 Å². The zero-order valence-electron chi connectivity index (χ0n) is 8.68. The molecule has 14 heavy (non-hydrogen) atoms. The minimum absolute atomic E-state index is 0.0324. The van der Waals surface area contributed by atoms with Crippen LogP contribution in [0.5, 0.6) is 0 Å². The van der Waals surface area contributed by atoms with E-state index in [0.29, 0.717) is 6.42 Å². The summed E-state index contributed by atoms with van der Waals surface area (Å²) in [7, 11) is 0. The van der Waals surface area contributed by atoms with Crippen LogP contribution < -0.4 is 0 Å². The van der Waals surface area contributed by atoms with E-state index in [9.17, 15) is 5.11 Å². The Kier molecular flexibility index (Phi) is 2.04. The molecule has 0 aromatic carbocycles. The minimum Gasteiger partial charge on any atom is -0.391 e. The molecule has 2 aliphatic carbocycles. The molecule has 2 nitrogen and oxygen atoms in total. The van der Waals surface area contributed by atoms with Crippen LogP contribution in [0.4, 0.5) is 0 Å². The molecule has 0 aliphatic heterocycles. The molecule has 0 radical (unpaired) electrons. The van der Waals surface area contributed by atoms with Gasteiger partial charge in [0.25, 0.3) is 0 Å². The fourth-order valence-corrected chi connectivity index (χ4v) is 4.74. The highest BCUT2D eigenvalue weighted by Crippen LogP contribution is 2.69. The average Bonchev–Trinajstić information content (AvgIpc) is 2.50. The summed E-state index contributed by atoms with van der Waals surface area (Å²) in [4.78, 5) is 0. The van der Waals surface area contributed by atoms with Crippen LogP contribution in [0.3, 0.4) is 0 Å². The molecule has 78 valence electrons. The molecule has 2 saturated carbocycles. The van der Waals surface area contributed by atoms with Crippen molar-refractivity contribution in [3.63, 3.8) is 0 Å². The first kappa shape index (κ1) is 10.4. The van der Waals surface area contributed by atoms with Crippen molar-refractivity contribution in [1.82, 2.24) is 0 Å². The van der Waals surface area contributed by atoms with E-state index in [0.717, 1.165) is 19.3 Å². The third kappa shape index (κ3) is 0.991. The number of hydrogen-bond donors (Lipinski definition) is 1. The van der Waals surface area contributed by atoms with E-state index in [4.69, 9.17) is 5.26 Å². The molecule has 3 atom stereocenters. The van der Waals surface area contributed by atoms with E-state index >= 15 is 0 Å². The van der Waals surface area contributed by atoms with Gasteiger partial charge in [0.2, 0.25) is 0 Å². The number of aliphatic hydroxyl groups excluding tert-OH is 1. The van der Waals surface area contributed by atoms with Gasteiger partial charge < -0.3 is 5.11 Å². The molecule has 2 fully saturated rings. The number of hydrogen-bond acceptors (Lipinski definition) is 2. The van der Waals surface area contributed by atoms with Crippen LogP contribution in [-0.2, 0) is 0 Å². The highest BCUT2D eigenvalue weighted by Gasteiger charge is 2.68. The largest absolute Gasteiger partial charge is 0.391 e. The molecule has 0 aromatic heterocycles. The summed E-state index contributed by atoms with van der Waals surface area (Å²) in [5.41, 5.74) is -0.102. The molecule has 1 N–H and O–H groups in total. The molecule has 2 bridgehead atoms. The maximum atomic E-state index is 10.2. The highest BCUT2D eigenvalue weighted by molar-refractivity contribution is 9.10. The Balaban J connectivity index is 2.42. The van der Waals surface area contributed by atoms with E-state index in [2.05, 4.69) is 35.8 Å². The second kappa shape index (κ2) is 2.74. The molecule has 0 amide bonds. The van der Waals surface area contributed by atoms with Gasteiger partial charge in [-0.25, -0.2) is 0 Å². The van der Waals surface area contributed by atoms with Crippen molar-refractivity contribution in [2.45, 2.75) is 50.0 Å². The summed E-state index contributed by atoms with van der Waals surface area (Å²) < 4.78 is -0.118. The lowest BCUT2D eigenvalue weighted by Crippen LogP contribution is -2.46. The van der Waals surface area contributed by atoms with Gasteiger partial charge >= 0.3 is 0 Å². The van der Waals surface area contributed by atoms with Gasteiger partial charge in [0.05, 0.1) is 16.5 Å². The Morgan fingerprint density at radius 1 is 1.50 bits per heavy atom. The Morgan fingerprint density at radius 2 is 2.14 bits per heavy atom. The third-order valence-corrected chi connectivity index (χ3v) is 5.72. The molecule has 0 saturated heterocycles. The first-order valence-corrected chi connectivity index (χ1v) is 5.91. The van der Waals surface area contributed by atoms with Crippen molar-refractivity contribution >= 4 is 15.9 Å². The second-order valence-corrected chi connectivity index (χ2v) is 7.03. The smallest absolute Gasteiger partial charge is 0.0749 e. The predicted octanol–water partition coefficient (Wildman–Crippen LogP) is 2.60. The predicted molar refractivity (Wildman–Crippen MR) is 58.0 cm³/mol. The second-order valence-electron chi connectivity index (χ2n) is 5.45. The van der Waals surface area contributed by atoms with Crippen LogP contribution in [-0.4, -0.2) is 15.5 Å². The summed E-state index contributed by atoms with van der Waals surface area (Å²) in [5.74, 6) is 0. The van der Waals surface area contributed by atoms with Gasteiger partial charge in [-0.2, -0.15) is 5.26 Å². The maximum absolute atomic E-state index is 10.2. The van der Waals surface area contributed by atoms with Gasteiger partial charge in [0.1, 0.15) is 0 Å². The standard InChI is InChI=1S/C11H16BrNO/c1-9(2)8(14)11(12)4-3-10(9,7-11)5-6-13/h8,14H,3-5,7H2,1-2H3/t8-,10+,11+/m1/s1. The van der Waals surface area contributed by atoms with Crippen molar-refractivity contribution in [1.29, 1.82) is 5.26 Å². The van der Waals surface area contributed by atoms with E-state index in [-0.39, 0.29) is 21.3 Å². The Labute approximate surface area is 93.4 Å². The zero-order chi connectivity index (χ0) is 10.6. The summed E-state index contributed by atoms with van der Waals surface area (Å²) in [6.07, 6.45) is 3.26. The van der Waals surface area contributed by atoms with Gasteiger partial charge in [0.15, 0.2) is 0 Å². The van der Waals surface area contributed by atoms with Crippen LogP contribution in [0.2, 0.25) is 0 Å². The van der Waals surface area contributed by atoms with Gasteiger partial charge in [-0.1, -0.05) is 29.8 Å². The van der Waals surface area contributed by atoms with Gasteiger partial charge in [-0.15, -0.1) is 0 Å². The highest BCUT2D eigenvalue weighted by atomic mass is 79.9. The van der Waals surface area contributed by atoms with Crippen LogP contribution in [0.1, 0.15) is 39.5 Å². The number of alkyl halides is 1. The number of aliphatic hydroxyl groups is 1. The molecule has 0 spiro atoms. The van der Waals surface area contributed by atoms with Crippen LogP contribution in [0.15, 0.2) is 0 Å². The van der Waals surface area contributed by atoms with Crippen molar-refractivity contribution in [3.05, 3.63) is 0 Å². The van der Waals surface area contributed by atoms with Crippen molar-refractivity contribution < 1.29 is 5.11 Å².